The van der Waals surface area contributed by atoms with E-state index in [-0.39, 0.29) is 11.5 Å². The molecule has 1 aromatic heterocycles. The van der Waals surface area contributed by atoms with Crippen molar-refractivity contribution < 1.29 is 9.90 Å². The van der Waals surface area contributed by atoms with Crippen LogP contribution in [0, 0.1) is 0 Å². The van der Waals surface area contributed by atoms with Crippen LogP contribution in [0.25, 0.3) is 6.08 Å². The van der Waals surface area contributed by atoms with Crippen LogP contribution in [0.4, 0.5) is 0 Å². The number of rotatable bonds is 6. The minimum atomic E-state index is -0.141. The second-order valence-corrected chi connectivity index (χ2v) is 9.34. The molecule has 0 unspecified atom stereocenters. The van der Waals surface area contributed by atoms with Gasteiger partial charge < -0.3 is 5.11 Å². The third-order valence-electron chi connectivity index (χ3n) is 4.83. The lowest BCUT2D eigenvalue weighted by Gasteiger charge is -2.29. The number of allylic oxidation sites excluding steroid dienone is 8. The van der Waals surface area contributed by atoms with E-state index >= 15 is 0 Å². The van der Waals surface area contributed by atoms with E-state index in [9.17, 15) is 9.90 Å². The summed E-state index contributed by atoms with van der Waals surface area (Å²) in [6.45, 7) is 8.49. The number of carbonyl (C=O) groups is 1. The molecule has 2 aliphatic rings. The van der Waals surface area contributed by atoms with Gasteiger partial charge in [0.05, 0.1) is 0 Å². The molecule has 0 spiro atoms. The van der Waals surface area contributed by atoms with Crippen LogP contribution in [-0.4, -0.2) is 5.78 Å². The van der Waals surface area contributed by atoms with Gasteiger partial charge in [0.25, 0.3) is 0 Å². The van der Waals surface area contributed by atoms with E-state index in [2.05, 4.69) is 52.0 Å². The van der Waals surface area contributed by atoms with E-state index in [1.54, 1.807) is 35.3 Å². The van der Waals surface area contributed by atoms with Gasteiger partial charge in [-0.25, -0.2) is 0 Å². The Balaban J connectivity index is 1.94. The van der Waals surface area contributed by atoms with Gasteiger partial charge >= 0.3 is 0 Å². The van der Waals surface area contributed by atoms with Gasteiger partial charge in [0.2, 0.25) is 21.1 Å². The average Bonchev–Trinajstić information content (AvgIpc) is 2.74. The highest BCUT2D eigenvalue weighted by Crippen LogP contribution is 2.38. The van der Waals surface area contributed by atoms with Gasteiger partial charge in [0.1, 0.15) is 0 Å². The summed E-state index contributed by atoms with van der Waals surface area (Å²) in [7, 11) is 0. The molecule has 2 heterocycles. The summed E-state index contributed by atoms with van der Waals surface area (Å²) in [6, 6.07) is 4.16. The maximum Gasteiger partial charge on any atom is 0.218 e. The van der Waals surface area contributed by atoms with Crippen molar-refractivity contribution in [3.8, 4) is 0 Å². The molecule has 1 aliphatic heterocycles. The third-order valence-corrected chi connectivity index (χ3v) is 7.50. The first-order valence-corrected chi connectivity index (χ1v) is 11.6. The van der Waals surface area contributed by atoms with Gasteiger partial charge in [-0.3, -0.25) is 4.79 Å². The SMILES string of the molecule is CCC1=CC(=CC2=C([O-])C(=Cc3cc(CC)[s+]c(CC)c3)C2=O)C=C(CC)S1. The smallest absolute Gasteiger partial charge is 0.218 e. The number of thioether (sulfide) groups is 1. The Kier molecular flexibility index (Phi) is 6.73. The molecule has 4 heteroatoms. The summed E-state index contributed by atoms with van der Waals surface area (Å²) in [5.41, 5.74) is 2.51. The monoisotopic (exact) mass is 410 g/mol. The molecule has 1 aromatic rings. The van der Waals surface area contributed by atoms with Crippen LogP contribution >= 0.6 is 23.1 Å². The molecule has 0 N–H and O–H groups in total. The lowest BCUT2D eigenvalue weighted by molar-refractivity contribution is -0.300. The molecule has 0 saturated carbocycles. The fourth-order valence-corrected chi connectivity index (χ4v) is 5.21. The standard InChI is InChI=1S/C24H26O2S2/c1-5-17-9-15(10-18(6-2)27-17)13-21-23(25)22(24(21)26)14-16-11-19(7-3)28-20(8-4)12-16/h9-14H,5-8H2,1-4H3. The van der Waals surface area contributed by atoms with Gasteiger partial charge in [0.15, 0.2) is 5.78 Å². The van der Waals surface area contributed by atoms with E-state index in [1.165, 1.54) is 19.6 Å². The van der Waals surface area contributed by atoms with Crippen LogP contribution in [0.1, 0.15) is 55.9 Å². The second-order valence-electron chi connectivity index (χ2n) is 6.84. The molecule has 0 bridgehead atoms. The number of hydrogen-bond donors (Lipinski definition) is 0. The van der Waals surface area contributed by atoms with Gasteiger partial charge in [-0.15, -0.1) is 0 Å². The number of carbonyl (C=O) groups excluding carboxylic acids is 1. The van der Waals surface area contributed by atoms with Gasteiger partial charge in [-0.2, -0.15) is 0 Å². The van der Waals surface area contributed by atoms with Crippen LogP contribution in [0.5, 0.6) is 0 Å². The molecular weight excluding hydrogens is 384 g/mol. The predicted molar refractivity (Wildman–Crippen MR) is 120 cm³/mol. The largest absolute Gasteiger partial charge is 0.871 e. The third kappa shape index (κ3) is 4.39. The highest BCUT2D eigenvalue weighted by molar-refractivity contribution is 8.06. The van der Waals surface area contributed by atoms with Crippen molar-refractivity contribution in [3.63, 3.8) is 0 Å². The summed E-state index contributed by atoms with van der Waals surface area (Å²) in [6.07, 6.45) is 11.5. The molecule has 0 radical (unpaired) electrons. The van der Waals surface area contributed by atoms with Crippen LogP contribution in [0.3, 0.4) is 0 Å². The zero-order valence-electron chi connectivity index (χ0n) is 16.9. The molecular formula is C24H26O2S2. The predicted octanol–water partition coefficient (Wildman–Crippen LogP) is 6.00. The fourth-order valence-electron chi connectivity index (χ4n) is 3.17. The summed E-state index contributed by atoms with van der Waals surface area (Å²) in [4.78, 5) is 17.7. The van der Waals surface area contributed by atoms with Crippen molar-refractivity contribution in [3.05, 3.63) is 78.0 Å². The minimum Gasteiger partial charge on any atom is -0.871 e. The van der Waals surface area contributed by atoms with E-state index in [4.69, 9.17) is 0 Å². The minimum absolute atomic E-state index is 0.141. The highest BCUT2D eigenvalue weighted by Gasteiger charge is 2.26. The Hall–Kier alpha value is -1.91. The van der Waals surface area contributed by atoms with Gasteiger partial charge in [-0.1, -0.05) is 45.2 Å². The molecule has 0 aromatic carbocycles. The number of hydrogen-bond acceptors (Lipinski definition) is 3. The Bertz CT molecular complexity index is 915. The molecule has 28 heavy (non-hydrogen) atoms. The molecule has 0 atom stereocenters. The quantitative estimate of drug-likeness (QED) is 0.427. The molecule has 2 nitrogen and oxygen atoms in total. The zero-order valence-corrected chi connectivity index (χ0v) is 18.6. The lowest BCUT2D eigenvalue weighted by Crippen LogP contribution is -2.29. The maximum atomic E-state index is 12.6. The van der Waals surface area contributed by atoms with E-state index < -0.39 is 0 Å². The fraction of sp³-hybridized carbons (Fsp3) is 0.333. The second kappa shape index (κ2) is 9.06. The Labute approximate surface area is 176 Å². The summed E-state index contributed by atoms with van der Waals surface area (Å²) >= 11 is 3.58. The van der Waals surface area contributed by atoms with E-state index in [0.717, 1.165) is 36.8 Å². The first kappa shape index (κ1) is 20.8. The first-order valence-electron chi connectivity index (χ1n) is 9.93. The van der Waals surface area contributed by atoms with Crippen molar-refractivity contribution in [2.24, 2.45) is 0 Å². The number of ketones is 1. The molecule has 3 rings (SSSR count). The van der Waals surface area contributed by atoms with Crippen molar-refractivity contribution in [2.75, 3.05) is 0 Å². The summed E-state index contributed by atoms with van der Waals surface area (Å²) in [5, 5.41) is 12.6. The van der Waals surface area contributed by atoms with E-state index in [1.807, 2.05) is 0 Å². The van der Waals surface area contributed by atoms with Gasteiger partial charge in [-0.05, 0) is 58.1 Å². The Morgan fingerprint density at radius 1 is 0.929 bits per heavy atom. The zero-order chi connectivity index (χ0) is 20.3. The average molecular weight is 411 g/mol. The Morgan fingerprint density at radius 2 is 1.50 bits per heavy atom. The topological polar surface area (TPSA) is 40.1 Å². The van der Waals surface area contributed by atoms with Crippen molar-refractivity contribution in [2.45, 2.75) is 53.4 Å². The number of aryl methyl sites for hydroxylation is 2. The van der Waals surface area contributed by atoms with Crippen LogP contribution < -0.4 is 5.11 Å². The van der Waals surface area contributed by atoms with Crippen LogP contribution in [-0.2, 0) is 17.6 Å². The number of Topliss-reactive ketones (excluding diaryl/α,β-unsaturated/α-hetero) is 1. The van der Waals surface area contributed by atoms with Crippen LogP contribution in [0.2, 0.25) is 0 Å². The molecule has 0 amide bonds. The van der Waals surface area contributed by atoms with Crippen LogP contribution in [0.15, 0.2) is 62.6 Å². The lowest BCUT2D eigenvalue weighted by atomic mass is 9.85. The first-order chi connectivity index (χ1) is 13.5. The van der Waals surface area contributed by atoms with Crippen molar-refractivity contribution in [1.29, 1.82) is 0 Å². The summed E-state index contributed by atoms with van der Waals surface area (Å²) in [5.74, 6) is -0.283. The van der Waals surface area contributed by atoms with Crippen molar-refractivity contribution in [1.82, 2.24) is 0 Å². The maximum absolute atomic E-state index is 12.6. The van der Waals surface area contributed by atoms with Crippen molar-refractivity contribution >= 4 is 35.0 Å². The Morgan fingerprint density at radius 3 is 1.96 bits per heavy atom. The molecule has 1 aliphatic carbocycles. The molecule has 0 fully saturated rings. The van der Waals surface area contributed by atoms with Gasteiger partial charge in [0, 0.05) is 36.1 Å². The molecule has 146 valence electrons. The summed E-state index contributed by atoms with van der Waals surface area (Å²) < 4.78 is 0. The normalized spacial score (nSPS) is 18.2. The highest BCUT2D eigenvalue weighted by atomic mass is 32.2. The van der Waals surface area contributed by atoms with E-state index in [0.29, 0.717) is 11.1 Å². The molecule has 0 saturated heterocycles.